The molecule has 32 heavy (non-hydrogen) atoms. The van der Waals surface area contributed by atoms with Crippen LogP contribution in [-0.4, -0.2) is 50.5 Å². The highest BCUT2D eigenvalue weighted by Crippen LogP contribution is 2.19. The van der Waals surface area contributed by atoms with E-state index in [1.807, 2.05) is 38.1 Å². The highest BCUT2D eigenvalue weighted by atomic mass is 79.9. The number of rotatable bonds is 10. The SMILES string of the molecule is CC(C)CNC(=O)C(C)N(Cc1ccc(Br)cc1)C(=O)CN(c1ccccc1)S(C)(=O)=O. The first-order chi connectivity index (χ1) is 15.0. The van der Waals surface area contributed by atoms with Crippen LogP contribution in [0.3, 0.4) is 0 Å². The third-order valence-electron chi connectivity index (χ3n) is 4.84. The minimum Gasteiger partial charge on any atom is -0.354 e. The van der Waals surface area contributed by atoms with Crippen molar-refractivity contribution < 1.29 is 18.0 Å². The van der Waals surface area contributed by atoms with Gasteiger partial charge in [0, 0.05) is 17.6 Å². The Kier molecular flexibility index (Phi) is 9.27. The number of nitrogens with one attached hydrogen (secondary N) is 1. The quantitative estimate of drug-likeness (QED) is 0.516. The number of para-hydroxylation sites is 1. The summed E-state index contributed by atoms with van der Waals surface area (Å²) < 4.78 is 26.8. The van der Waals surface area contributed by atoms with Gasteiger partial charge in [0.2, 0.25) is 21.8 Å². The van der Waals surface area contributed by atoms with Crippen molar-refractivity contribution in [1.82, 2.24) is 10.2 Å². The smallest absolute Gasteiger partial charge is 0.244 e. The van der Waals surface area contributed by atoms with Crippen LogP contribution in [0.5, 0.6) is 0 Å². The lowest BCUT2D eigenvalue weighted by Crippen LogP contribution is -2.51. The summed E-state index contributed by atoms with van der Waals surface area (Å²) in [6, 6.07) is 15.1. The second kappa shape index (κ2) is 11.5. The molecule has 174 valence electrons. The zero-order chi connectivity index (χ0) is 23.9. The van der Waals surface area contributed by atoms with Gasteiger partial charge >= 0.3 is 0 Å². The van der Waals surface area contributed by atoms with E-state index in [9.17, 15) is 18.0 Å². The second-order valence-corrected chi connectivity index (χ2v) is 10.9. The summed E-state index contributed by atoms with van der Waals surface area (Å²) in [6.45, 7) is 5.89. The number of hydrogen-bond donors (Lipinski definition) is 1. The lowest BCUT2D eigenvalue weighted by Gasteiger charge is -2.31. The van der Waals surface area contributed by atoms with Crippen LogP contribution in [0.25, 0.3) is 0 Å². The summed E-state index contributed by atoms with van der Waals surface area (Å²) in [5, 5.41) is 2.86. The molecule has 0 radical (unpaired) electrons. The summed E-state index contributed by atoms with van der Waals surface area (Å²) in [6.07, 6.45) is 1.06. The molecule has 0 aliphatic heterocycles. The Labute approximate surface area is 199 Å². The number of anilines is 1. The second-order valence-electron chi connectivity index (χ2n) is 8.07. The minimum absolute atomic E-state index is 0.175. The fraction of sp³-hybridized carbons (Fsp3) is 0.391. The van der Waals surface area contributed by atoms with Gasteiger partial charge in [0.25, 0.3) is 0 Å². The summed E-state index contributed by atoms with van der Waals surface area (Å²) in [5.74, 6) is -0.482. The van der Waals surface area contributed by atoms with Crippen LogP contribution in [0.1, 0.15) is 26.3 Å². The Bertz CT molecular complexity index is 1010. The molecule has 2 rings (SSSR count). The molecule has 0 aliphatic rings. The molecule has 0 bridgehead atoms. The topological polar surface area (TPSA) is 86.8 Å². The van der Waals surface area contributed by atoms with Gasteiger partial charge < -0.3 is 10.2 Å². The molecule has 2 aromatic rings. The number of sulfonamides is 1. The Hall–Kier alpha value is -2.39. The van der Waals surface area contributed by atoms with Crippen molar-refractivity contribution in [3.05, 3.63) is 64.6 Å². The third-order valence-corrected chi connectivity index (χ3v) is 6.51. The molecule has 0 fully saturated rings. The van der Waals surface area contributed by atoms with Crippen molar-refractivity contribution >= 4 is 43.5 Å². The molecule has 1 N–H and O–H groups in total. The van der Waals surface area contributed by atoms with Crippen LogP contribution in [0.2, 0.25) is 0 Å². The van der Waals surface area contributed by atoms with E-state index in [0.29, 0.717) is 12.2 Å². The van der Waals surface area contributed by atoms with Crippen molar-refractivity contribution in [2.45, 2.75) is 33.4 Å². The van der Waals surface area contributed by atoms with Gasteiger partial charge in [-0.05, 0) is 42.7 Å². The van der Waals surface area contributed by atoms with Crippen molar-refractivity contribution in [3.8, 4) is 0 Å². The van der Waals surface area contributed by atoms with Crippen LogP contribution in [-0.2, 0) is 26.2 Å². The highest BCUT2D eigenvalue weighted by Gasteiger charge is 2.30. The number of hydrogen-bond acceptors (Lipinski definition) is 4. The maximum absolute atomic E-state index is 13.4. The highest BCUT2D eigenvalue weighted by molar-refractivity contribution is 9.10. The summed E-state index contributed by atoms with van der Waals surface area (Å²) in [5.41, 5.74) is 1.22. The number of carbonyl (C=O) groups is 2. The molecule has 0 aromatic heterocycles. The lowest BCUT2D eigenvalue weighted by molar-refractivity contribution is -0.139. The largest absolute Gasteiger partial charge is 0.354 e. The average molecular weight is 524 g/mol. The van der Waals surface area contributed by atoms with Gasteiger partial charge in [-0.15, -0.1) is 0 Å². The van der Waals surface area contributed by atoms with E-state index in [4.69, 9.17) is 0 Å². The monoisotopic (exact) mass is 523 g/mol. The van der Waals surface area contributed by atoms with E-state index in [2.05, 4.69) is 21.2 Å². The predicted molar refractivity (Wildman–Crippen MR) is 131 cm³/mol. The number of amides is 2. The van der Waals surface area contributed by atoms with Crippen LogP contribution in [0.15, 0.2) is 59.1 Å². The molecular formula is C23H30BrN3O4S. The van der Waals surface area contributed by atoms with Gasteiger partial charge in [0.1, 0.15) is 12.6 Å². The van der Waals surface area contributed by atoms with E-state index >= 15 is 0 Å². The Balaban J connectivity index is 2.32. The van der Waals surface area contributed by atoms with Crippen molar-refractivity contribution in [3.63, 3.8) is 0 Å². The van der Waals surface area contributed by atoms with E-state index in [-0.39, 0.29) is 18.4 Å². The average Bonchev–Trinajstić information content (AvgIpc) is 2.74. The summed E-state index contributed by atoms with van der Waals surface area (Å²) >= 11 is 3.39. The van der Waals surface area contributed by atoms with Gasteiger partial charge in [-0.25, -0.2) is 8.42 Å². The molecule has 0 saturated heterocycles. The normalized spacial score (nSPS) is 12.3. The van der Waals surface area contributed by atoms with Crippen molar-refractivity contribution in [1.29, 1.82) is 0 Å². The molecule has 2 aromatic carbocycles. The first-order valence-electron chi connectivity index (χ1n) is 10.3. The Morgan fingerprint density at radius 2 is 1.59 bits per heavy atom. The zero-order valence-electron chi connectivity index (χ0n) is 18.8. The zero-order valence-corrected chi connectivity index (χ0v) is 21.2. The van der Waals surface area contributed by atoms with Crippen LogP contribution in [0.4, 0.5) is 5.69 Å². The first-order valence-corrected chi connectivity index (χ1v) is 13.0. The molecule has 7 nitrogen and oxygen atoms in total. The van der Waals surface area contributed by atoms with E-state index in [1.54, 1.807) is 37.3 Å². The van der Waals surface area contributed by atoms with Gasteiger partial charge in [0.05, 0.1) is 11.9 Å². The van der Waals surface area contributed by atoms with Gasteiger partial charge in [-0.3, -0.25) is 13.9 Å². The number of carbonyl (C=O) groups excluding carboxylic acids is 2. The maximum Gasteiger partial charge on any atom is 0.244 e. The van der Waals surface area contributed by atoms with Crippen LogP contribution in [0, 0.1) is 5.92 Å². The molecule has 0 saturated carbocycles. The summed E-state index contributed by atoms with van der Waals surface area (Å²) in [4.78, 5) is 27.5. The third kappa shape index (κ3) is 7.63. The van der Waals surface area contributed by atoms with Crippen LogP contribution >= 0.6 is 15.9 Å². The maximum atomic E-state index is 13.4. The minimum atomic E-state index is -3.71. The fourth-order valence-corrected chi connectivity index (χ4v) is 4.14. The van der Waals surface area contributed by atoms with E-state index < -0.39 is 28.5 Å². The predicted octanol–water partition coefficient (Wildman–Crippen LogP) is 3.40. The van der Waals surface area contributed by atoms with Crippen molar-refractivity contribution in [2.75, 3.05) is 23.7 Å². The Morgan fingerprint density at radius 1 is 1.00 bits per heavy atom. The molecule has 1 unspecified atom stereocenters. The number of halogens is 1. The van der Waals surface area contributed by atoms with Gasteiger partial charge in [-0.1, -0.05) is 60.1 Å². The summed E-state index contributed by atoms with van der Waals surface area (Å²) in [7, 11) is -3.71. The fourth-order valence-electron chi connectivity index (χ4n) is 3.03. The molecule has 9 heteroatoms. The molecule has 0 spiro atoms. The standard InChI is InChI=1S/C23H30BrN3O4S/c1-17(2)14-25-23(29)18(3)26(15-19-10-12-20(24)13-11-19)22(28)16-27(32(4,30)31)21-8-6-5-7-9-21/h5-13,17-18H,14-16H2,1-4H3,(H,25,29). The van der Waals surface area contributed by atoms with Gasteiger partial charge in [-0.2, -0.15) is 0 Å². The molecular weight excluding hydrogens is 494 g/mol. The number of nitrogens with zero attached hydrogens (tertiary/aromatic N) is 2. The molecule has 1 atom stereocenters. The number of benzene rings is 2. The molecule has 0 heterocycles. The van der Waals surface area contributed by atoms with E-state index in [1.165, 1.54) is 4.90 Å². The first kappa shape index (κ1) is 25.9. The molecule has 0 aliphatic carbocycles. The lowest BCUT2D eigenvalue weighted by atomic mass is 10.1. The molecule has 2 amide bonds. The van der Waals surface area contributed by atoms with E-state index in [0.717, 1.165) is 20.6 Å². The van der Waals surface area contributed by atoms with Crippen LogP contribution < -0.4 is 9.62 Å². The van der Waals surface area contributed by atoms with Gasteiger partial charge in [0.15, 0.2) is 0 Å². The Morgan fingerprint density at radius 3 is 2.12 bits per heavy atom. The van der Waals surface area contributed by atoms with Crippen molar-refractivity contribution in [2.24, 2.45) is 5.92 Å².